The van der Waals surface area contributed by atoms with E-state index in [4.69, 9.17) is 0 Å². The third-order valence-electron chi connectivity index (χ3n) is 3.76. The smallest absolute Gasteiger partial charge is 0.254 e. The van der Waals surface area contributed by atoms with Crippen molar-refractivity contribution in [2.75, 3.05) is 7.05 Å². The molecule has 3 rings (SSSR count). The predicted molar refractivity (Wildman–Crippen MR) is 89.3 cm³/mol. The van der Waals surface area contributed by atoms with Gasteiger partial charge in [-0.1, -0.05) is 11.6 Å². The highest BCUT2D eigenvalue weighted by Gasteiger charge is 2.13. The molecule has 0 radical (unpaired) electrons. The number of fused-ring (bicyclic) bond motifs is 1. The van der Waals surface area contributed by atoms with Gasteiger partial charge in [0.25, 0.3) is 11.5 Å². The molecule has 0 saturated carbocycles. The summed E-state index contributed by atoms with van der Waals surface area (Å²) in [6, 6.07) is 11.0. The van der Waals surface area contributed by atoms with E-state index in [0.717, 1.165) is 16.5 Å². The van der Waals surface area contributed by atoms with Crippen LogP contribution in [0.15, 0.2) is 53.6 Å². The van der Waals surface area contributed by atoms with Crippen molar-refractivity contribution in [2.24, 2.45) is 0 Å². The Hall–Kier alpha value is -2.95. The molecule has 0 atom stereocenters. The van der Waals surface area contributed by atoms with Crippen LogP contribution in [0.3, 0.4) is 0 Å². The standard InChI is InChI=1S/C18H17N3O2/c1-12-3-4-16-14(9-12)10-15(17(22)20-16)11-21(2)18(23)13-5-7-19-8-6-13/h3-10H,11H2,1-2H3,(H,20,22). The Morgan fingerprint density at radius 3 is 2.65 bits per heavy atom. The summed E-state index contributed by atoms with van der Waals surface area (Å²) in [5.41, 5.74) is 2.86. The largest absolute Gasteiger partial charge is 0.337 e. The van der Waals surface area contributed by atoms with Gasteiger partial charge >= 0.3 is 0 Å². The van der Waals surface area contributed by atoms with E-state index in [1.807, 2.05) is 31.2 Å². The van der Waals surface area contributed by atoms with Crippen LogP contribution < -0.4 is 5.56 Å². The van der Waals surface area contributed by atoms with Crippen LogP contribution in [-0.2, 0) is 6.54 Å². The topological polar surface area (TPSA) is 66.1 Å². The number of amides is 1. The number of rotatable bonds is 3. The fourth-order valence-corrected chi connectivity index (χ4v) is 2.53. The first kappa shape index (κ1) is 15.0. The number of nitrogens with zero attached hydrogens (tertiary/aromatic N) is 2. The van der Waals surface area contributed by atoms with E-state index >= 15 is 0 Å². The minimum Gasteiger partial charge on any atom is -0.337 e. The van der Waals surface area contributed by atoms with Crippen LogP contribution in [0.4, 0.5) is 0 Å². The Kier molecular flexibility index (Phi) is 3.93. The Bertz CT molecular complexity index is 916. The van der Waals surface area contributed by atoms with Gasteiger partial charge in [-0.3, -0.25) is 14.6 Å². The zero-order valence-electron chi connectivity index (χ0n) is 13.0. The molecule has 5 nitrogen and oxygen atoms in total. The van der Waals surface area contributed by atoms with E-state index in [1.165, 1.54) is 4.90 Å². The van der Waals surface area contributed by atoms with Crippen LogP contribution in [0.1, 0.15) is 21.5 Å². The number of nitrogens with one attached hydrogen (secondary N) is 1. The molecule has 5 heteroatoms. The minimum absolute atomic E-state index is 0.142. The summed E-state index contributed by atoms with van der Waals surface area (Å²) in [6.45, 7) is 2.25. The molecule has 1 amide bonds. The van der Waals surface area contributed by atoms with Crippen molar-refractivity contribution in [1.29, 1.82) is 0 Å². The maximum Gasteiger partial charge on any atom is 0.254 e. The molecule has 0 fully saturated rings. The Labute approximate surface area is 133 Å². The molecule has 3 aromatic rings. The lowest BCUT2D eigenvalue weighted by Crippen LogP contribution is -2.29. The van der Waals surface area contributed by atoms with Crippen molar-refractivity contribution in [3.8, 4) is 0 Å². The number of aryl methyl sites for hydroxylation is 1. The molecule has 1 N–H and O–H groups in total. The summed E-state index contributed by atoms with van der Waals surface area (Å²) in [5, 5.41) is 0.962. The number of hydrogen-bond acceptors (Lipinski definition) is 3. The molecule has 0 aliphatic rings. The van der Waals surface area contributed by atoms with Gasteiger partial charge in [-0.25, -0.2) is 0 Å². The Morgan fingerprint density at radius 1 is 1.17 bits per heavy atom. The molecule has 0 unspecified atom stereocenters. The number of H-pyrrole nitrogens is 1. The summed E-state index contributed by atoms with van der Waals surface area (Å²) in [7, 11) is 1.68. The maximum absolute atomic E-state index is 12.4. The normalized spacial score (nSPS) is 10.7. The van der Waals surface area contributed by atoms with E-state index in [9.17, 15) is 9.59 Å². The highest BCUT2D eigenvalue weighted by atomic mass is 16.2. The lowest BCUT2D eigenvalue weighted by Gasteiger charge is -2.17. The van der Waals surface area contributed by atoms with E-state index < -0.39 is 0 Å². The second kappa shape index (κ2) is 6.04. The van der Waals surface area contributed by atoms with Crippen molar-refractivity contribution in [3.05, 3.63) is 75.8 Å². The average Bonchev–Trinajstić information content (AvgIpc) is 2.56. The Morgan fingerprint density at radius 2 is 1.91 bits per heavy atom. The highest BCUT2D eigenvalue weighted by molar-refractivity contribution is 5.93. The zero-order valence-corrected chi connectivity index (χ0v) is 13.0. The molecular weight excluding hydrogens is 290 g/mol. The van der Waals surface area contributed by atoms with Gasteiger partial charge in [-0.15, -0.1) is 0 Å². The van der Waals surface area contributed by atoms with E-state index in [2.05, 4.69) is 9.97 Å². The number of benzene rings is 1. The van der Waals surface area contributed by atoms with Crippen molar-refractivity contribution < 1.29 is 4.79 Å². The number of aromatic amines is 1. The van der Waals surface area contributed by atoms with Crippen LogP contribution in [0.5, 0.6) is 0 Å². The van der Waals surface area contributed by atoms with Crippen molar-refractivity contribution >= 4 is 16.8 Å². The van der Waals surface area contributed by atoms with Crippen LogP contribution in [-0.4, -0.2) is 27.8 Å². The van der Waals surface area contributed by atoms with E-state index in [1.54, 1.807) is 31.6 Å². The molecule has 0 spiro atoms. The number of pyridine rings is 2. The van der Waals surface area contributed by atoms with Crippen LogP contribution in [0, 0.1) is 6.92 Å². The van der Waals surface area contributed by atoms with Gasteiger partial charge in [-0.2, -0.15) is 0 Å². The van der Waals surface area contributed by atoms with Gasteiger partial charge in [0.15, 0.2) is 0 Å². The molecule has 0 bridgehead atoms. The lowest BCUT2D eigenvalue weighted by atomic mass is 10.1. The van der Waals surface area contributed by atoms with Gasteiger partial charge in [0.2, 0.25) is 0 Å². The molecule has 0 aliphatic carbocycles. The second-order valence-electron chi connectivity index (χ2n) is 5.61. The SMILES string of the molecule is Cc1ccc2[nH]c(=O)c(CN(C)C(=O)c3ccncc3)cc2c1. The van der Waals surface area contributed by atoms with Gasteiger partial charge in [0, 0.05) is 36.1 Å². The minimum atomic E-state index is -0.171. The first-order valence-electron chi connectivity index (χ1n) is 7.32. The highest BCUT2D eigenvalue weighted by Crippen LogP contribution is 2.14. The quantitative estimate of drug-likeness (QED) is 0.808. The van der Waals surface area contributed by atoms with E-state index in [-0.39, 0.29) is 18.0 Å². The molecular formula is C18H17N3O2. The van der Waals surface area contributed by atoms with Gasteiger partial charge < -0.3 is 9.88 Å². The second-order valence-corrected chi connectivity index (χ2v) is 5.61. The number of carbonyl (C=O) groups excluding carboxylic acids is 1. The van der Waals surface area contributed by atoms with Crippen molar-refractivity contribution in [1.82, 2.24) is 14.9 Å². The zero-order chi connectivity index (χ0) is 16.4. The fourth-order valence-electron chi connectivity index (χ4n) is 2.53. The summed E-state index contributed by atoms with van der Waals surface area (Å²) < 4.78 is 0. The maximum atomic E-state index is 12.4. The molecule has 0 saturated heterocycles. The van der Waals surface area contributed by atoms with Crippen LogP contribution in [0.2, 0.25) is 0 Å². The molecule has 23 heavy (non-hydrogen) atoms. The third-order valence-corrected chi connectivity index (χ3v) is 3.76. The average molecular weight is 307 g/mol. The van der Waals surface area contributed by atoms with E-state index in [0.29, 0.717) is 11.1 Å². The molecule has 2 heterocycles. The predicted octanol–water partition coefficient (Wildman–Crippen LogP) is 2.50. The first-order chi connectivity index (χ1) is 11.0. The molecule has 0 aliphatic heterocycles. The van der Waals surface area contributed by atoms with Crippen LogP contribution in [0.25, 0.3) is 10.9 Å². The first-order valence-corrected chi connectivity index (χ1v) is 7.32. The van der Waals surface area contributed by atoms with Crippen molar-refractivity contribution in [2.45, 2.75) is 13.5 Å². The van der Waals surface area contributed by atoms with Gasteiger partial charge in [-0.05, 0) is 42.6 Å². The third kappa shape index (κ3) is 3.13. The number of aromatic nitrogens is 2. The number of carbonyl (C=O) groups is 1. The number of hydrogen-bond donors (Lipinski definition) is 1. The van der Waals surface area contributed by atoms with Gasteiger partial charge in [0.1, 0.15) is 0 Å². The molecule has 1 aromatic carbocycles. The molecule has 2 aromatic heterocycles. The van der Waals surface area contributed by atoms with Gasteiger partial charge in [0.05, 0.1) is 6.54 Å². The monoisotopic (exact) mass is 307 g/mol. The van der Waals surface area contributed by atoms with Crippen molar-refractivity contribution in [3.63, 3.8) is 0 Å². The summed E-state index contributed by atoms with van der Waals surface area (Å²) in [5.74, 6) is -0.142. The summed E-state index contributed by atoms with van der Waals surface area (Å²) >= 11 is 0. The summed E-state index contributed by atoms with van der Waals surface area (Å²) in [6.07, 6.45) is 3.15. The summed E-state index contributed by atoms with van der Waals surface area (Å²) in [4.78, 5) is 32.9. The molecule has 116 valence electrons. The lowest BCUT2D eigenvalue weighted by molar-refractivity contribution is 0.0784. The fraction of sp³-hybridized carbons (Fsp3) is 0.167. The van der Waals surface area contributed by atoms with Crippen LogP contribution >= 0.6 is 0 Å². The Balaban J connectivity index is 1.90.